The smallest absolute Gasteiger partial charge is 0.275 e. The zero-order valence-corrected chi connectivity index (χ0v) is 19.2. The van der Waals surface area contributed by atoms with Gasteiger partial charge in [0.2, 0.25) is 5.88 Å². The second-order valence-corrected chi connectivity index (χ2v) is 8.16. The topological polar surface area (TPSA) is 104 Å². The molecule has 1 aliphatic rings. The number of fused-ring (bicyclic) bond motifs is 1. The van der Waals surface area contributed by atoms with Crippen molar-refractivity contribution < 1.29 is 9.47 Å². The number of nitrogens with one attached hydrogen (secondary N) is 3. The van der Waals surface area contributed by atoms with Gasteiger partial charge in [0.05, 0.1) is 29.4 Å². The van der Waals surface area contributed by atoms with Crippen molar-refractivity contribution in [2.45, 2.75) is 0 Å². The summed E-state index contributed by atoms with van der Waals surface area (Å²) in [6.45, 7) is 3.72. The molecule has 1 aliphatic heterocycles. The lowest BCUT2D eigenvalue weighted by atomic mass is 10.2. The molecule has 4 aromatic rings. The van der Waals surface area contributed by atoms with E-state index in [1.807, 2.05) is 30.3 Å². The minimum Gasteiger partial charge on any atom is -0.494 e. The van der Waals surface area contributed by atoms with Gasteiger partial charge in [0.25, 0.3) is 5.56 Å². The molecule has 0 radical (unpaired) electrons. The predicted octanol–water partition coefficient (Wildman–Crippen LogP) is 3.93. The van der Waals surface area contributed by atoms with Crippen LogP contribution in [0.5, 0.6) is 17.4 Å². The first-order chi connectivity index (χ1) is 16.6. The molecule has 34 heavy (non-hydrogen) atoms. The number of methoxy groups -OCH3 is 1. The zero-order valence-electron chi connectivity index (χ0n) is 18.5. The van der Waals surface area contributed by atoms with Gasteiger partial charge in [-0.1, -0.05) is 23.7 Å². The van der Waals surface area contributed by atoms with E-state index in [2.05, 4.69) is 30.7 Å². The Balaban J connectivity index is 1.53. The van der Waals surface area contributed by atoms with Gasteiger partial charge in [-0.3, -0.25) is 4.79 Å². The van der Waals surface area contributed by atoms with Crippen molar-refractivity contribution in [1.29, 1.82) is 0 Å². The Bertz CT molecular complexity index is 1390. The van der Waals surface area contributed by atoms with Crippen LogP contribution in [0.1, 0.15) is 0 Å². The van der Waals surface area contributed by atoms with E-state index < -0.39 is 0 Å². The molecule has 0 saturated carbocycles. The molecule has 1 fully saturated rings. The average molecular weight is 479 g/mol. The Labute approximate surface area is 200 Å². The largest absolute Gasteiger partial charge is 0.494 e. The summed E-state index contributed by atoms with van der Waals surface area (Å²) in [5.41, 5.74) is 1.37. The third-order valence-corrected chi connectivity index (χ3v) is 5.91. The third kappa shape index (κ3) is 4.48. The Morgan fingerprint density at radius 2 is 1.91 bits per heavy atom. The quantitative estimate of drug-likeness (QED) is 0.383. The number of hydrogen-bond donors (Lipinski definition) is 3. The van der Waals surface area contributed by atoms with Gasteiger partial charge < -0.3 is 25.0 Å². The van der Waals surface area contributed by atoms with Crippen LogP contribution in [0, 0.1) is 0 Å². The van der Waals surface area contributed by atoms with E-state index in [4.69, 9.17) is 21.1 Å². The van der Waals surface area contributed by atoms with Crippen molar-refractivity contribution in [3.05, 3.63) is 70.1 Å². The Morgan fingerprint density at radius 1 is 1.09 bits per heavy atom. The lowest BCUT2D eigenvalue weighted by molar-refractivity contribution is 0.416. The highest BCUT2D eigenvalue weighted by atomic mass is 35.5. The number of anilines is 3. The Kier molecular flexibility index (Phi) is 6.20. The SMILES string of the molecule is COc1cc(N2CCNCC2)ccc1Nc1nc(Oc2ccccc2Cl)cc2cn[nH]c(=O)c12. The average Bonchev–Trinajstić information content (AvgIpc) is 2.86. The maximum atomic E-state index is 12.6. The predicted molar refractivity (Wildman–Crippen MR) is 133 cm³/mol. The Morgan fingerprint density at radius 3 is 2.71 bits per heavy atom. The summed E-state index contributed by atoms with van der Waals surface area (Å²) in [4.78, 5) is 19.5. The van der Waals surface area contributed by atoms with Crippen molar-refractivity contribution in [2.75, 3.05) is 43.5 Å². The minimum absolute atomic E-state index is 0.270. The van der Waals surface area contributed by atoms with Gasteiger partial charge in [-0.25, -0.2) is 5.10 Å². The van der Waals surface area contributed by atoms with Gasteiger partial charge in [0.15, 0.2) is 0 Å². The maximum Gasteiger partial charge on any atom is 0.275 e. The second-order valence-electron chi connectivity index (χ2n) is 7.75. The fourth-order valence-corrected chi connectivity index (χ4v) is 4.08. The molecular weight excluding hydrogens is 456 g/mol. The van der Waals surface area contributed by atoms with Crippen LogP contribution >= 0.6 is 11.6 Å². The number of ether oxygens (including phenoxy) is 2. The van der Waals surface area contributed by atoms with E-state index in [-0.39, 0.29) is 11.4 Å². The molecule has 5 rings (SSSR count). The lowest BCUT2D eigenvalue weighted by Gasteiger charge is -2.30. The molecule has 0 spiro atoms. The van der Waals surface area contributed by atoms with Crippen LogP contribution in [0.3, 0.4) is 0 Å². The first kappa shape index (κ1) is 22.0. The molecule has 2 aromatic heterocycles. The molecule has 0 unspecified atom stereocenters. The lowest BCUT2D eigenvalue weighted by Crippen LogP contribution is -2.43. The first-order valence-corrected chi connectivity index (χ1v) is 11.2. The van der Waals surface area contributed by atoms with Crippen molar-refractivity contribution in [1.82, 2.24) is 20.5 Å². The second kappa shape index (κ2) is 9.58. The van der Waals surface area contributed by atoms with Crippen molar-refractivity contribution >= 4 is 39.6 Å². The fraction of sp³-hybridized carbons (Fsp3) is 0.208. The summed E-state index contributed by atoms with van der Waals surface area (Å²) in [5.74, 6) is 1.68. The number of aromatic amines is 1. The van der Waals surface area contributed by atoms with Crippen LogP contribution in [0.4, 0.5) is 17.2 Å². The number of nitrogens with zero attached hydrogens (tertiary/aromatic N) is 3. The molecule has 0 amide bonds. The molecule has 3 heterocycles. The number of piperazine rings is 1. The summed E-state index contributed by atoms with van der Waals surface area (Å²) in [6.07, 6.45) is 1.55. The number of H-pyrrole nitrogens is 1. The summed E-state index contributed by atoms with van der Waals surface area (Å²) in [6, 6.07) is 14.7. The maximum absolute atomic E-state index is 12.6. The normalized spacial score (nSPS) is 13.6. The number of aromatic nitrogens is 3. The highest BCUT2D eigenvalue weighted by Crippen LogP contribution is 2.35. The first-order valence-electron chi connectivity index (χ1n) is 10.8. The molecule has 1 saturated heterocycles. The Hall–Kier alpha value is -3.82. The summed E-state index contributed by atoms with van der Waals surface area (Å²) in [7, 11) is 1.61. The number of benzene rings is 2. The molecule has 10 heteroatoms. The third-order valence-electron chi connectivity index (χ3n) is 5.59. The highest BCUT2D eigenvalue weighted by Gasteiger charge is 2.17. The summed E-state index contributed by atoms with van der Waals surface area (Å²) in [5, 5.41) is 14.4. The molecule has 0 atom stereocenters. The van der Waals surface area contributed by atoms with Crippen LogP contribution in [0.2, 0.25) is 5.02 Å². The highest BCUT2D eigenvalue weighted by molar-refractivity contribution is 6.32. The number of halogens is 1. The molecule has 3 N–H and O–H groups in total. The minimum atomic E-state index is -0.367. The van der Waals surface area contributed by atoms with Crippen LogP contribution in [0.25, 0.3) is 10.8 Å². The number of para-hydroxylation sites is 1. The fourth-order valence-electron chi connectivity index (χ4n) is 3.91. The number of hydrogen-bond acceptors (Lipinski definition) is 8. The van der Waals surface area contributed by atoms with Crippen molar-refractivity contribution in [2.24, 2.45) is 0 Å². The molecule has 0 bridgehead atoms. The monoisotopic (exact) mass is 478 g/mol. The van der Waals surface area contributed by atoms with E-state index in [0.717, 1.165) is 31.9 Å². The van der Waals surface area contributed by atoms with Crippen LogP contribution in [0.15, 0.2) is 59.5 Å². The molecule has 174 valence electrons. The van der Waals surface area contributed by atoms with E-state index >= 15 is 0 Å². The van der Waals surface area contributed by atoms with Gasteiger partial charge in [0, 0.05) is 49.4 Å². The van der Waals surface area contributed by atoms with Crippen LogP contribution < -0.4 is 30.6 Å². The molecular formula is C24H23ClN6O3. The molecule has 9 nitrogen and oxygen atoms in total. The number of rotatable bonds is 6. The van der Waals surface area contributed by atoms with E-state index in [1.165, 1.54) is 0 Å². The molecule has 0 aliphatic carbocycles. The van der Waals surface area contributed by atoms with Crippen LogP contribution in [-0.2, 0) is 0 Å². The zero-order chi connectivity index (χ0) is 23.5. The number of pyridine rings is 1. The van der Waals surface area contributed by atoms with Crippen LogP contribution in [-0.4, -0.2) is 48.5 Å². The van der Waals surface area contributed by atoms with Gasteiger partial charge >= 0.3 is 0 Å². The van der Waals surface area contributed by atoms with E-state index in [9.17, 15) is 4.79 Å². The van der Waals surface area contributed by atoms with Gasteiger partial charge in [-0.2, -0.15) is 10.1 Å². The van der Waals surface area contributed by atoms with Gasteiger partial charge in [0.1, 0.15) is 17.3 Å². The van der Waals surface area contributed by atoms with E-state index in [1.54, 1.807) is 31.5 Å². The summed E-state index contributed by atoms with van der Waals surface area (Å²) < 4.78 is 11.6. The van der Waals surface area contributed by atoms with Crippen molar-refractivity contribution in [3.63, 3.8) is 0 Å². The van der Waals surface area contributed by atoms with Crippen molar-refractivity contribution in [3.8, 4) is 17.4 Å². The van der Waals surface area contributed by atoms with E-state index in [0.29, 0.717) is 38.8 Å². The van der Waals surface area contributed by atoms with Gasteiger partial charge in [-0.05, 0) is 24.3 Å². The van der Waals surface area contributed by atoms with Gasteiger partial charge in [-0.15, -0.1) is 0 Å². The summed E-state index contributed by atoms with van der Waals surface area (Å²) >= 11 is 6.25. The molecule has 2 aromatic carbocycles. The standard InChI is InChI=1S/C24H23ClN6O3/c1-33-20-13-16(31-10-8-26-9-11-31)6-7-18(20)28-23-22-15(14-27-30-24(22)32)12-21(29-23)34-19-5-3-2-4-17(19)25/h2-7,12-14,26H,8-11H2,1H3,(H,28,29)(H,30,32).